The fourth-order valence-electron chi connectivity index (χ4n) is 2.39. The monoisotopic (exact) mass is 360 g/mol. The Balaban J connectivity index is 1.41. The van der Waals surface area contributed by atoms with Crippen molar-refractivity contribution in [1.82, 2.24) is 25.1 Å². The van der Waals surface area contributed by atoms with Gasteiger partial charge in [0.1, 0.15) is 12.1 Å². The number of aromatic nitrogens is 5. The number of anilines is 2. The Morgan fingerprint density at radius 3 is 2.52 bits per heavy atom. The van der Waals surface area contributed by atoms with Gasteiger partial charge in [-0.2, -0.15) is 9.97 Å². The average molecular weight is 360 g/mol. The quantitative estimate of drug-likeness (QED) is 0.557. The first kappa shape index (κ1) is 16.6. The third kappa shape index (κ3) is 4.24. The minimum Gasteiger partial charge on any atom is -0.484 e. The van der Waals surface area contributed by atoms with Crippen molar-refractivity contribution < 1.29 is 9.26 Å². The first-order valence-electron chi connectivity index (χ1n) is 8.30. The van der Waals surface area contributed by atoms with Crippen molar-refractivity contribution in [2.45, 2.75) is 13.5 Å². The van der Waals surface area contributed by atoms with Gasteiger partial charge in [-0.1, -0.05) is 35.5 Å². The first-order valence-corrected chi connectivity index (χ1v) is 8.30. The molecule has 0 aliphatic heterocycles. The largest absolute Gasteiger partial charge is 0.484 e. The van der Waals surface area contributed by atoms with Crippen LogP contribution in [0.15, 0.2) is 65.4 Å². The smallest absolute Gasteiger partial charge is 0.264 e. The molecule has 0 radical (unpaired) electrons. The number of nitrogens with zero attached hydrogens (tertiary/aromatic N) is 5. The van der Waals surface area contributed by atoms with E-state index in [1.54, 1.807) is 6.92 Å². The molecule has 0 aliphatic carbocycles. The highest BCUT2D eigenvalue weighted by molar-refractivity contribution is 5.59. The Morgan fingerprint density at radius 1 is 0.963 bits per heavy atom. The van der Waals surface area contributed by atoms with E-state index < -0.39 is 0 Å². The summed E-state index contributed by atoms with van der Waals surface area (Å²) in [6.45, 7) is 1.99. The third-order valence-corrected chi connectivity index (χ3v) is 3.65. The summed E-state index contributed by atoms with van der Waals surface area (Å²) in [5.41, 5.74) is 1.77. The molecule has 1 N–H and O–H groups in total. The molecule has 0 amide bonds. The highest BCUT2D eigenvalue weighted by Gasteiger charge is 2.06. The zero-order valence-electron chi connectivity index (χ0n) is 14.5. The normalized spacial score (nSPS) is 10.6. The lowest BCUT2D eigenvalue weighted by molar-refractivity contribution is 0.242. The number of nitrogens with one attached hydrogen (secondary N) is 1. The molecule has 0 atom stereocenters. The summed E-state index contributed by atoms with van der Waals surface area (Å²) in [6.07, 6.45) is 1.49. The topological polar surface area (TPSA) is 98.9 Å². The van der Waals surface area contributed by atoms with Gasteiger partial charge in [0.2, 0.25) is 5.95 Å². The van der Waals surface area contributed by atoms with E-state index in [4.69, 9.17) is 9.26 Å². The second kappa shape index (κ2) is 7.61. The first-order chi connectivity index (χ1) is 13.3. The summed E-state index contributed by atoms with van der Waals surface area (Å²) in [5.74, 6) is 2.80. The van der Waals surface area contributed by atoms with Gasteiger partial charge in [0.05, 0.1) is 0 Å². The molecule has 0 fully saturated rings. The fraction of sp³-hybridized carbons (Fsp3) is 0.105. The molecule has 4 aromatic rings. The van der Waals surface area contributed by atoms with E-state index in [2.05, 4.69) is 30.4 Å². The maximum atomic E-state index is 5.62. The second-order valence-corrected chi connectivity index (χ2v) is 5.67. The number of hydrogen-bond acceptors (Lipinski definition) is 8. The van der Waals surface area contributed by atoms with Crippen LogP contribution in [-0.2, 0) is 6.61 Å². The van der Waals surface area contributed by atoms with Gasteiger partial charge >= 0.3 is 0 Å². The molecule has 0 bridgehead atoms. The summed E-state index contributed by atoms with van der Waals surface area (Å²) in [7, 11) is 0. The van der Waals surface area contributed by atoms with Crippen LogP contribution in [0.5, 0.6) is 5.75 Å². The van der Waals surface area contributed by atoms with Crippen LogP contribution in [0.1, 0.15) is 11.7 Å². The van der Waals surface area contributed by atoms with E-state index in [-0.39, 0.29) is 6.61 Å². The standard InChI is InChI=1S/C19H16N6O2/c1-13-22-17(27-25-13)11-26-16-9-7-15(8-10-16)23-19-21-12-20-18(24-19)14-5-3-2-4-6-14/h2-10,12H,11H2,1H3,(H,20,21,23,24). The van der Waals surface area contributed by atoms with Crippen LogP contribution in [0.3, 0.4) is 0 Å². The Morgan fingerprint density at radius 2 is 1.78 bits per heavy atom. The number of aryl methyl sites for hydroxylation is 1. The lowest BCUT2D eigenvalue weighted by Gasteiger charge is -2.07. The van der Waals surface area contributed by atoms with Crippen LogP contribution in [0.25, 0.3) is 11.4 Å². The van der Waals surface area contributed by atoms with Crippen molar-refractivity contribution in [3.63, 3.8) is 0 Å². The van der Waals surface area contributed by atoms with Crippen molar-refractivity contribution in [2.75, 3.05) is 5.32 Å². The van der Waals surface area contributed by atoms with E-state index in [1.165, 1.54) is 6.33 Å². The SMILES string of the molecule is Cc1noc(COc2ccc(Nc3ncnc(-c4ccccc4)n3)cc2)n1. The highest BCUT2D eigenvalue weighted by Crippen LogP contribution is 2.20. The van der Waals surface area contributed by atoms with E-state index in [1.807, 2.05) is 54.6 Å². The summed E-state index contributed by atoms with van der Waals surface area (Å²) in [5, 5.41) is 6.88. The number of hydrogen-bond donors (Lipinski definition) is 1. The molecule has 0 unspecified atom stereocenters. The molecule has 2 aromatic heterocycles. The van der Waals surface area contributed by atoms with Gasteiger partial charge in [0.15, 0.2) is 18.3 Å². The summed E-state index contributed by atoms with van der Waals surface area (Å²) in [6, 6.07) is 17.2. The van der Waals surface area contributed by atoms with Crippen molar-refractivity contribution in [3.05, 3.63) is 72.6 Å². The van der Waals surface area contributed by atoms with Gasteiger partial charge in [-0.25, -0.2) is 9.97 Å². The van der Waals surface area contributed by atoms with Gasteiger partial charge in [-0.3, -0.25) is 0 Å². The van der Waals surface area contributed by atoms with E-state index in [0.717, 1.165) is 11.3 Å². The zero-order valence-corrected chi connectivity index (χ0v) is 14.5. The fourth-order valence-corrected chi connectivity index (χ4v) is 2.39. The molecule has 8 heteroatoms. The molecule has 0 aliphatic rings. The average Bonchev–Trinajstić information content (AvgIpc) is 3.14. The van der Waals surface area contributed by atoms with Crippen LogP contribution < -0.4 is 10.1 Å². The predicted molar refractivity (Wildman–Crippen MR) is 98.4 cm³/mol. The number of rotatable bonds is 6. The molecule has 2 heterocycles. The Hall–Kier alpha value is -3.81. The Kier molecular flexibility index (Phi) is 4.69. The highest BCUT2D eigenvalue weighted by atomic mass is 16.5. The van der Waals surface area contributed by atoms with Crippen LogP contribution in [0.4, 0.5) is 11.6 Å². The van der Waals surface area contributed by atoms with Gasteiger partial charge in [0, 0.05) is 11.3 Å². The molecule has 27 heavy (non-hydrogen) atoms. The molecular formula is C19H16N6O2. The van der Waals surface area contributed by atoms with Crippen molar-refractivity contribution in [1.29, 1.82) is 0 Å². The molecule has 134 valence electrons. The molecular weight excluding hydrogens is 344 g/mol. The zero-order chi connectivity index (χ0) is 18.5. The lowest BCUT2D eigenvalue weighted by Crippen LogP contribution is -2.00. The summed E-state index contributed by atoms with van der Waals surface area (Å²) >= 11 is 0. The number of ether oxygens (including phenoxy) is 1. The minimum atomic E-state index is 0.224. The van der Waals surface area contributed by atoms with Gasteiger partial charge in [-0.15, -0.1) is 0 Å². The Labute approximate surface area is 155 Å². The maximum Gasteiger partial charge on any atom is 0.264 e. The third-order valence-electron chi connectivity index (χ3n) is 3.65. The molecule has 0 spiro atoms. The predicted octanol–water partition coefficient (Wildman–Crippen LogP) is 3.55. The van der Waals surface area contributed by atoms with Gasteiger partial charge in [-0.05, 0) is 31.2 Å². The maximum absolute atomic E-state index is 5.62. The van der Waals surface area contributed by atoms with E-state index >= 15 is 0 Å². The Bertz CT molecular complexity index is 1020. The van der Waals surface area contributed by atoms with Gasteiger partial charge < -0.3 is 14.6 Å². The summed E-state index contributed by atoms with van der Waals surface area (Å²) in [4.78, 5) is 16.9. The minimum absolute atomic E-state index is 0.224. The second-order valence-electron chi connectivity index (χ2n) is 5.67. The van der Waals surface area contributed by atoms with E-state index in [9.17, 15) is 0 Å². The molecule has 2 aromatic carbocycles. The van der Waals surface area contributed by atoms with Crippen LogP contribution in [0, 0.1) is 6.92 Å². The van der Waals surface area contributed by atoms with Crippen molar-refractivity contribution >= 4 is 11.6 Å². The lowest BCUT2D eigenvalue weighted by atomic mass is 10.2. The van der Waals surface area contributed by atoms with Crippen LogP contribution in [0.2, 0.25) is 0 Å². The van der Waals surface area contributed by atoms with Gasteiger partial charge in [0.25, 0.3) is 5.89 Å². The van der Waals surface area contributed by atoms with E-state index in [0.29, 0.717) is 29.2 Å². The molecule has 0 saturated heterocycles. The molecule has 4 rings (SSSR count). The van der Waals surface area contributed by atoms with Crippen LogP contribution in [-0.4, -0.2) is 25.1 Å². The van der Waals surface area contributed by atoms with Crippen molar-refractivity contribution in [3.8, 4) is 17.1 Å². The molecule has 8 nitrogen and oxygen atoms in total. The number of benzene rings is 2. The molecule has 0 saturated carbocycles. The van der Waals surface area contributed by atoms with Crippen molar-refractivity contribution in [2.24, 2.45) is 0 Å². The van der Waals surface area contributed by atoms with Crippen LogP contribution >= 0.6 is 0 Å². The summed E-state index contributed by atoms with van der Waals surface area (Å²) < 4.78 is 10.6.